The Labute approximate surface area is 138 Å². The minimum absolute atomic E-state index is 0.152. The van der Waals surface area contributed by atoms with Crippen LogP contribution in [0.5, 0.6) is 5.75 Å². The van der Waals surface area contributed by atoms with Crippen LogP contribution in [0, 0.1) is 0 Å². The number of aromatic nitrogens is 2. The van der Waals surface area contributed by atoms with Crippen molar-refractivity contribution in [1.82, 2.24) is 9.55 Å². The summed E-state index contributed by atoms with van der Waals surface area (Å²) in [6.45, 7) is 0.565. The third-order valence-electron chi connectivity index (χ3n) is 4.37. The summed E-state index contributed by atoms with van der Waals surface area (Å²) in [5.74, 6) is 0.577. The summed E-state index contributed by atoms with van der Waals surface area (Å²) in [6, 6.07) is 5.50. The van der Waals surface area contributed by atoms with Crippen molar-refractivity contribution in [3.8, 4) is 5.75 Å². The zero-order valence-electron chi connectivity index (χ0n) is 13.1. The molecule has 0 saturated heterocycles. The van der Waals surface area contributed by atoms with Crippen LogP contribution in [0.25, 0.3) is 11.0 Å². The Balaban J connectivity index is 1.51. The number of hydrogen-bond acceptors (Lipinski definition) is 5. The molecule has 0 fully saturated rings. The monoisotopic (exact) mass is 326 g/mol. The molecule has 0 bridgehead atoms. The van der Waals surface area contributed by atoms with Crippen LogP contribution in [0.3, 0.4) is 0 Å². The maximum absolute atomic E-state index is 12.0. The lowest BCUT2D eigenvalue weighted by atomic mass is 10.1. The van der Waals surface area contributed by atoms with Crippen molar-refractivity contribution in [1.29, 1.82) is 0 Å². The van der Waals surface area contributed by atoms with Crippen molar-refractivity contribution in [2.45, 2.75) is 31.9 Å². The van der Waals surface area contributed by atoms with Gasteiger partial charge in [-0.3, -0.25) is 0 Å². The Bertz CT molecular complexity index is 915. The summed E-state index contributed by atoms with van der Waals surface area (Å²) < 4.78 is 12.9. The maximum atomic E-state index is 12.0. The molecule has 24 heavy (non-hydrogen) atoms. The molecule has 1 aromatic carbocycles. The van der Waals surface area contributed by atoms with E-state index in [9.17, 15) is 9.90 Å². The Morgan fingerprint density at radius 2 is 2.21 bits per heavy atom. The Morgan fingerprint density at radius 1 is 1.33 bits per heavy atom. The normalized spacial score (nSPS) is 14.7. The van der Waals surface area contributed by atoms with Crippen molar-refractivity contribution >= 4 is 11.0 Å². The molecule has 6 heteroatoms. The lowest BCUT2D eigenvalue weighted by Gasteiger charge is -2.13. The van der Waals surface area contributed by atoms with Crippen molar-refractivity contribution in [3.05, 3.63) is 58.5 Å². The second-order valence-electron chi connectivity index (χ2n) is 6.08. The SMILES string of the molecule is O=c1oc2cc(OCC(O)Cn3ccnc3)ccc2c2c1CCC2. The molecule has 1 unspecified atom stereocenters. The number of hydrogen-bond donors (Lipinski definition) is 1. The van der Waals surface area contributed by atoms with Gasteiger partial charge in [0.25, 0.3) is 0 Å². The summed E-state index contributed by atoms with van der Waals surface area (Å²) in [7, 11) is 0. The molecule has 0 amide bonds. The first-order chi connectivity index (χ1) is 11.7. The highest BCUT2D eigenvalue weighted by atomic mass is 16.5. The Kier molecular flexibility index (Phi) is 3.82. The first-order valence-corrected chi connectivity index (χ1v) is 8.06. The first-order valence-electron chi connectivity index (χ1n) is 8.06. The van der Waals surface area contributed by atoms with Crippen LogP contribution in [-0.4, -0.2) is 27.4 Å². The topological polar surface area (TPSA) is 77.5 Å². The Hall–Kier alpha value is -2.60. The lowest BCUT2D eigenvalue weighted by molar-refractivity contribution is 0.0925. The number of aryl methyl sites for hydroxylation is 1. The van der Waals surface area contributed by atoms with E-state index < -0.39 is 6.10 Å². The third kappa shape index (κ3) is 2.80. The van der Waals surface area contributed by atoms with Crippen LogP contribution in [-0.2, 0) is 19.4 Å². The van der Waals surface area contributed by atoms with E-state index in [4.69, 9.17) is 9.15 Å². The number of aliphatic hydroxyl groups excluding tert-OH is 1. The van der Waals surface area contributed by atoms with Gasteiger partial charge in [-0.05, 0) is 37.0 Å². The third-order valence-corrected chi connectivity index (χ3v) is 4.37. The number of imidazole rings is 1. The number of fused-ring (bicyclic) bond motifs is 3. The van der Waals surface area contributed by atoms with Gasteiger partial charge in [-0.15, -0.1) is 0 Å². The zero-order valence-corrected chi connectivity index (χ0v) is 13.1. The molecule has 0 radical (unpaired) electrons. The van der Waals surface area contributed by atoms with E-state index in [1.54, 1.807) is 29.4 Å². The minimum atomic E-state index is -0.651. The molecule has 0 spiro atoms. The first kappa shape index (κ1) is 15.0. The standard InChI is InChI=1S/C18H18N2O4/c21-12(9-20-7-6-19-11-20)10-23-13-4-5-15-14-2-1-3-16(14)18(22)24-17(15)8-13/h4-8,11-12,21H,1-3,9-10H2. The van der Waals surface area contributed by atoms with E-state index in [0.29, 0.717) is 17.9 Å². The fraction of sp³-hybridized carbons (Fsp3) is 0.333. The summed E-state index contributed by atoms with van der Waals surface area (Å²) in [4.78, 5) is 16.0. The van der Waals surface area contributed by atoms with Crippen LogP contribution in [0.4, 0.5) is 0 Å². The average molecular weight is 326 g/mol. The van der Waals surface area contributed by atoms with Gasteiger partial charge < -0.3 is 18.8 Å². The van der Waals surface area contributed by atoms with Crippen molar-refractivity contribution in [3.63, 3.8) is 0 Å². The molecule has 1 atom stereocenters. The lowest BCUT2D eigenvalue weighted by Crippen LogP contribution is -2.23. The number of ether oxygens (including phenoxy) is 1. The molecular formula is C18H18N2O4. The molecule has 0 saturated carbocycles. The smallest absolute Gasteiger partial charge is 0.339 e. The van der Waals surface area contributed by atoms with Crippen molar-refractivity contribution < 1.29 is 14.3 Å². The Morgan fingerprint density at radius 3 is 3.04 bits per heavy atom. The fourth-order valence-electron chi connectivity index (χ4n) is 3.24. The molecule has 1 N–H and O–H groups in total. The van der Waals surface area contributed by atoms with Gasteiger partial charge >= 0.3 is 5.63 Å². The molecule has 2 aromatic heterocycles. The number of benzene rings is 1. The molecule has 0 aliphatic heterocycles. The minimum Gasteiger partial charge on any atom is -0.491 e. The predicted molar refractivity (Wildman–Crippen MR) is 88.2 cm³/mol. The molecule has 3 aromatic rings. The largest absolute Gasteiger partial charge is 0.491 e. The number of aliphatic hydroxyl groups is 1. The van der Waals surface area contributed by atoms with Gasteiger partial charge in [-0.2, -0.15) is 0 Å². The summed E-state index contributed by atoms with van der Waals surface area (Å²) in [5.41, 5.74) is 2.22. The number of nitrogens with zero attached hydrogens (tertiary/aromatic N) is 2. The zero-order chi connectivity index (χ0) is 16.5. The molecule has 2 heterocycles. The molecule has 124 valence electrons. The van der Waals surface area contributed by atoms with E-state index in [1.165, 1.54) is 0 Å². The van der Waals surface area contributed by atoms with E-state index in [-0.39, 0.29) is 12.2 Å². The second kappa shape index (κ2) is 6.13. The van der Waals surface area contributed by atoms with Gasteiger partial charge in [-0.25, -0.2) is 9.78 Å². The highest BCUT2D eigenvalue weighted by Gasteiger charge is 2.19. The summed E-state index contributed by atoms with van der Waals surface area (Å²) in [6.07, 6.45) is 7.16. The van der Waals surface area contributed by atoms with Gasteiger partial charge in [0.2, 0.25) is 0 Å². The second-order valence-corrected chi connectivity index (χ2v) is 6.08. The summed E-state index contributed by atoms with van der Waals surface area (Å²) >= 11 is 0. The van der Waals surface area contributed by atoms with E-state index >= 15 is 0 Å². The van der Waals surface area contributed by atoms with Crippen LogP contribution in [0.1, 0.15) is 17.5 Å². The molecule has 1 aliphatic carbocycles. The highest BCUT2D eigenvalue weighted by molar-refractivity contribution is 5.83. The van der Waals surface area contributed by atoms with E-state index in [1.807, 2.05) is 12.1 Å². The van der Waals surface area contributed by atoms with Crippen molar-refractivity contribution in [2.75, 3.05) is 6.61 Å². The molecular weight excluding hydrogens is 308 g/mol. The summed E-state index contributed by atoms with van der Waals surface area (Å²) in [5, 5.41) is 11.0. The highest BCUT2D eigenvalue weighted by Crippen LogP contribution is 2.29. The molecule has 1 aliphatic rings. The molecule has 6 nitrogen and oxygen atoms in total. The van der Waals surface area contributed by atoms with Crippen LogP contribution in [0.15, 0.2) is 46.1 Å². The average Bonchev–Trinajstić information content (AvgIpc) is 3.24. The maximum Gasteiger partial charge on any atom is 0.339 e. The van der Waals surface area contributed by atoms with Gasteiger partial charge in [0.15, 0.2) is 0 Å². The van der Waals surface area contributed by atoms with Crippen LogP contribution < -0.4 is 10.4 Å². The predicted octanol–water partition coefficient (Wildman–Crippen LogP) is 1.92. The van der Waals surface area contributed by atoms with Crippen LogP contribution in [0.2, 0.25) is 0 Å². The van der Waals surface area contributed by atoms with Crippen molar-refractivity contribution in [2.24, 2.45) is 0 Å². The van der Waals surface area contributed by atoms with Gasteiger partial charge in [0.05, 0.1) is 12.9 Å². The molecule has 4 rings (SSSR count). The quantitative estimate of drug-likeness (QED) is 0.725. The van der Waals surface area contributed by atoms with Crippen LogP contribution >= 0.6 is 0 Å². The fourth-order valence-corrected chi connectivity index (χ4v) is 3.24. The van der Waals surface area contributed by atoms with E-state index in [2.05, 4.69) is 4.98 Å². The van der Waals surface area contributed by atoms with E-state index in [0.717, 1.165) is 35.8 Å². The number of rotatable bonds is 5. The van der Waals surface area contributed by atoms with Gasteiger partial charge in [-0.1, -0.05) is 0 Å². The van der Waals surface area contributed by atoms with Gasteiger partial charge in [0.1, 0.15) is 24.0 Å². The van der Waals surface area contributed by atoms with Gasteiger partial charge in [0, 0.05) is 29.4 Å².